The molecule has 2 aromatic rings. The molecule has 1 amide bonds. The number of amides is 1. The Kier molecular flexibility index (Phi) is 5.08. The minimum absolute atomic E-state index is 0.0447. The summed E-state index contributed by atoms with van der Waals surface area (Å²) in [5, 5.41) is 8.28. The molecule has 2 aliphatic heterocycles. The third kappa shape index (κ3) is 3.86. The zero-order valence-corrected chi connectivity index (χ0v) is 17.4. The van der Waals surface area contributed by atoms with Gasteiger partial charge in [-0.3, -0.25) is 4.79 Å². The molecule has 10 heteroatoms. The lowest BCUT2D eigenvalue weighted by Crippen LogP contribution is -2.39. The fraction of sp³-hybridized carbons (Fsp3) is 0.632. The van der Waals surface area contributed by atoms with Gasteiger partial charge in [-0.15, -0.1) is 11.3 Å². The van der Waals surface area contributed by atoms with Gasteiger partial charge in [-0.1, -0.05) is 0 Å². The quantitative estimate of drug-likeness (QED) is 0.777. The first-order chi connectivity index (χ1) is 13.6. The van der Waals surface area contributed by atoms with Gasteiger partial charge in [0.25, 0.3) is 5.91 Å². The fourth-order valence-electron chi connectivity index (χ4n) is 4.25. The van der Waals surface area contributed by atoms with Gasteiger partial charge in [0.05, 0.1) is 16.4 Å². The zero-order chi connectivity index (χ0) is 20.9. The number of rotatable bonds is 2. The molecule has 29 heavy (non-hydrogen) atoms. The maximum Gasteiger partial charge on any atom is 0.410 e. The van der Waals surface area contributed by atoms with E-state index in [2.05, 4.69) is 15.4 Å². The first kappa shape index (κ1) is 20.2. The monoisotopic (exact) mass is 427 g/mol. The van der Waals surface area contributed by atoms with Crippen molar-refractivity contribution in [2.24, 2.45) is 0 Å². The van der Waals surface area contributed by atoms with Crippen LogP contribution >= 0.6 is 11.3 Å². The molecule has 0 saturated carbocycles. The van der Waals surface area contributed by atoms with Gasteiger partial charge >= 0.3 is 6.18 Å². The van der Waals surface area contributed by atoms with Crippen LogP contribution in [0.15, 0.2) is 6.07 Å². The molecule has 158 valence electrons. The second kappa shape index (κ2) is 7.30. The minimum atomic E-state index is -4.34. The number of piperidine rings is 1. The van der Waals surface area contributed by atoms with Gasteiger partial charge in [0.15, 0.2) is 6.04 Å². The maximum atomic E-state index is 13.5. The number of hydrogen-bond acceptors (Lipinski definition) is 5. The van der Waals surface area contributed by atoms with E-state index in [1.54, 1.807) is 17.9 Å². The normalized spacial score (nSPS) is 24.9. The number of hydrogen-bond donors (Lipinski definition) is 1. The number of carbonyl (C=O) groups excluding carboxylic acids is 1. The number of aryl methyl sites for hydroxylation is 2. The molecule has 0 aromatic carbocycles. The van der Waals surface area contributed by atoms with E-state index in [4.69, 9.17) is 0 Å². The van der Waals surface area contributed by atoms with Gasteiger partial charge < -0.3 is 10.2 Å². The molecular weight excluding hydrogens is 403 g/mol. The highest BCUT2D eigenvalue weighted by atomic mass is 32.1. The Hall–Kier alpha value is -2.10. The summed E-state index contributed by atoms with van der Waals surface area (Å²) in [5.74, 6) is 0.270. The van der Waals surface area contributed by atoms with Gasteiger partial charge in [-0.05, 0) is 40.0 Å². The average molecular weight is 427 g/mol. The molecule has 3 atom stereocenters. The second-order valence-corrected chi connectivity index (χ2v) is 9.18. The molecular formula is C19H24F3N5OS. The van der Waals surface area contributed by atoms with Crippen LogP contribution in [0.1, 0.15) is 64.2 Å². The van der Waals surface area contributed by atoms with E-state index in [0.717, 1.165) is 28.2 Å². The van der Waals surface area contributed by atoms with Gasteiger partial charge in [0.1, 0.15) is 10.7 Å². The van der Waals surface area contributed by atoms with Crippen LogP contribution in [0, 0.1) is 13.8 Å². The summed E-state index contributed by atoms with van der Waals surface area (Å²) in [7, 11) is 0. The number of anilines is 1. The van der Waals surface area contributed by atoms with Crippen LogP contribution in [0.5, 0.6) is 0 Å². The molecule has 1 saturated heterocycles. The first-order valence-corrected chi connectivity index (χ1v) is 10.6. The molecule has 4 rings (SSSR count). The second-order valence-electron chi connectivity index (χ2n) is 7.98. The standard InChI is InChI=1S/C19H24F3N5OS/c1-10-7-15(19(20,21)22)27-16(23-10)8-14(25-27)13-5-4-6-26(9-13)18(28)17-11(2)24-12(3)29-17/h8,10,13,15,23H,4-7,9H2,1-3H3/t10-,13?,15-/m1/s1. The van der Waals surface area contributed by atoms with Crippen molar-refractivity contribution >= 4 is 23.1 Å². The number of thiazole rings is 1. The third-order valence-electron chi connectivity index (χ3n) is 5.62. The molecule has 1 unspecified atom stereocenters. The number of fused-ring (bicyclic) bond motifs is 1. The van der Waals surface area contributed by atoms with Crippen molar-refractivity contribution in [3.63, 3.8) is 0 Å². The number of nitrogens with zero attached hydrogens (tertiary/aromatic N) is 4. The molecule has 1 N–H and O–H groups in total. The Bertz CT molecular complexity index is 922. The van der Waals surface area contributed by atoms with Crippen molar-refractivity contribution in [1.82, 2.24) is 19.7 Å². The topological polar surface area (TPSA) is 63.1 Å². The summed E-state index contributed by atoms with van der Waals surface area (Å²) in [6, 6.07) is -0.179. The number of nitrogens with one attached hydrogen (secondary N) is 1. The molecule has 0 aliphatic carbocycles. The summed E-state index contributed by atoms with van der Waals surface area (Å²) < 4.78 is 41.6. The van der Waals surface area contributed by atoms with Gasteiger partial charge in [0, 0.05) is 31.1 Å². The van der Waals surface area contributed by atoms with Crippen LogP contribution in [-0.4, -0.2) is 50.9 Å². The van der Waals surface area contributed by atoms with E-state index in [9.17, 15) is 18.0 Å². The van der Waals surface area contributed by atoms with E-state index in [1.165, 1.54) is 11.3 Å². The van der Waals surface area contributed by atoms with E-state index < -0.39 is 12.2 Å². The van der Waals surface area contributed by atoms with Crippen LogP contribution in [0.4, 0.5) is 19.0 Å². The number of halogens is 3. The molecule has 0 bridgehead atoms. The van der Waals surface area contributed by atoms with Crippen molar-refractivity contribution in [3.8, 4) is 0 Å². The van der Waals surface area contributed by atoms with E-state index >= 15 is 0 Å². The average Bonchev–Trinajstić information content (AvgIpc) is 3.22. The summed E-state index contributed by atoms with van der Waals surface area (Å²) in [5.41, 5.74) is 1.34. The van der Waals surface area contributed by atoms with E-state index in [1.807, 2.05) is 13.8 Å². The van der Waals surface area contributed by atoms with Crippen molar-refractivity contribution in [3.05, 3.63) is 27.3 Å². The number of likely N-dealkylation sites (tertiary alicyclic amines) is 1. The predicted octanol–water partition coefficient (Wildman–Crippen LogP) is 4.28. The summed E-state index contributed by atoms with van der Waals surface area (Å²) >= 11 is 1.38. The van der Waals surface area contributed by atoms with Gasteiger partial charge in [-0.25, -0.2) is 9.67 Å². The lowest BCUT2D eigenvalue weighted by molar-refractivity contribution is -0.173. The maximum absolute atomic E-state index is 13.5. The first-order valence-electron chi connectivity index (χ1n) is 9.79. The highest BCUT2D eigenvalue weighted by Gasteiger charge is 2.46. The lowest BCUT2D eigenvalue weighted by Gasteiger charge is -2.32. The molecule has 1 fully saturated rings. The third-order valence-corrected chi connectivity index (χ3v) is 6.68. The van der Waals surface area contributed by atoms with Crippen LogP contribution in [0.2, 0.25) is 0 Å². The molecule has 4 heterocycles. The smallest absolute Gasteiger partial charge is 0.368 e. The predicted molar refractivity (Wildman–Crippen MR) is 104 cm³/mol. The largest absolute Gasteiger partial charge is 0.410 e. The Morgan fingerprint density at radius 1 is 1.34 bits per heavy atom. The van der Waals surface area contributed by atoms with Gasteiger partial charge in [-0.2, -0.15) is 18.3 Å². The van der Waals surface area contributed by atoms with E-state index in [-0.39, 0.29) is 24.3 Å². The fourth-order valence-corrected chi connectivity index (χ4v) is 5.14. The van der Waals surface area contributed by atoms with E-state index in [0.29, 0.717) is 29.5 Å². The van der Waals surface area contributed by atoms with Crippen molar-refractivity contribution in [2.45, 2.75) is 64.2 Å². The highest BCUT2D eigenvalue weighted by molar-refractivity contribution is 7.13. The number of aromatic nitrogens is 3. The number of alkyl halides is 3. The summed E-state index contributed by atoms with van der Waals surface area (Å²) in [4.78, 5) is 19.7. The summed E-state index contributed by atoms with van der Waals surface area (Å²) in [6.45, 7) is 6.53. The van der Waals surface area contributed by atoms with Crippen LogP contribution in [0.3, 0.4) is 0 Å². The van der Waals surface area contributed by atoms with Crippen LogP contribution in [0.25, 0.3) is 0 Å². The van der Waals surface area contributed by atoms with Crippen LogP contribution < -0.4 is 5.32 Å². The Balaban J connectivity index is 1.56. The molecule has 0 radical (unpaired) electrons. The van der Waals surface area contributed by atoms with Crippen molar-refractivity contribution < 1.29 is 18.0 Å². The highest BCUT2D eigenvalue weighted by Crippen LogP contribution is 2.40. The lowest BCUT2D eigenvalue weighted by atomic mass is 9.94. The zero-order valence-electron chi connectivity index (χ0n) is 16.6. The molecule has 6 nitrogen and oxygen atoms in total. The van der Waals surface area contributed by atoms with Crippen molar-refractivity contribution in [2.75, 3.05) is 18.4 Å². The molecule has 2 aromatic heterocycles. The number of carbonyl (C=O) groups is 1. The van der Waals surface area contributed by atoms with Crippen molar-refractivity contribution in [1.29, 1.82) is 0 Å². The summed E-state index contributed by atoms with van der Waals surface area (Å²) in [6.07, 6.45) is -2.80. The van der Waals surface area contributed by atoms with Crippen LogP contribution in [-0.2, 0) is 0 Å². The molecule has 2 aliphatic rings. The Morgan fingerprint density at radius 3 is 2.76 bits per heavy atom. The SMILES string of the molecule is Cc1nc(C)c(C(=O)N2CCCC(c3cc4n(n3)[C@@H](C(F)(F)F)C[C@@H](C)N4)C2)s1. The molecule has 0 spiro atoms. The Labute approximate surface area is 171 Å². The van der Waals surface area contributed by atoms with Gasteiger partial charge in [0.2, 0.25) is 0 Å². The Morgan fingerprint density at radius 2 is 2.10 bits per heavy atom. The minimum Gasteiger partial charge on any atom is -0.368 e.